The van der Waals surface area contributed by atoms with Crippen LogP contribution in [0.1, 0.15) is 33.4 Å². The lowest BCUT2D eigenvalue weighted by molar-refractivity contribution is -0.642. The fourth-order valence-electron chi connectivity index (χ4n) is 5.25. The molecule has 0 aliphatic heterocycles. The first-order chi connectivity index (χ1) is 14.7. The largest absolute Gasteiger partial charge is 0.496 e. The lowest BCUT2D eigenvalue weighted by Gasteiger charge is -2.20. The molecule has 0 bridgehead atoms. The molecule has 162 valence electrons. The van der Waals surface area contributed by atoms with Crippen molar-refractivity contribution in [2.75, 3.05) is 21.3 Å². The maximum Gasteiger partial charge on any atom is 0.221 e. The zero-order chi connectivity index (χ0) is 22.8. The van der Waals surface area contributed by atoms with Gasteiger partial charge in [-0.25, -0.2) is 0 Å². The van der Waals surface area contributed by atoms with Crippen molar-refractivity contribution in [2.24, 2.45) is 7.05 Å². The van der Waals surface area contributed by atoms with Crippen molar-refractivity contribution >= 4 is 32.4 Å². The van der Waals surface area contributed by atoms with E-state index in [1.165, 1.54) is 54.9 Å². The van der Waals surface area contributed by atoms with Gasteiger partial charge in [0.25, 0.3) is 0 Å². The van der Waals surface area contributed by atoms with Crippen molar-refractivity contribution in [1.29, 1.82) is 0 Å². The fraction of sp³-hybridized carbons (Fsp3) is 0.370. The van der Waals surface area contributed by atoms with Gasteiger partial charge in [0.15, 0.2) is 17.7 Å². The molecule has 0 N–H and O–H groups in total. The van der Waals surface area contributed by atoms with Crippen LogP contribution in [0.3, 0.4) is 0 Å². The van der Waals surface area contributed by atoms with Crippen LogP contribution in [0, 0.1) is 41.5 Å². The monoisotopic (exact) mass is 418 g/mol. The van der Waals surface area contributed by atoms with Crippen molar-refractivity contribution in [3.05, 3.63) is 45.6 Å². The molecule has 31 heavy (non-hydrogen) atoms. The number of methoxy groups -OCH3 is 3. The Morgan fingerprint density at radius 1 is 0.581 bits per heavy atom. The molecule has 0 saturated heterocycles. The minimum absolute atomic E-state index is 0.785. The summed E-state index contributed by atoms with van der Waals surface area (Å²) in [7, 11) is 7.28. The second kappa shape index (κ2) is 7.30. The Morgan fingerprint density at radius 3 is 1.71 bits per heavy atom. The summed E-state index contributed by atoms with van der Waals surface area (Å²) in [6.45, 7) is 13.1. The number of nitrogens with zero attached hydrogens (tertiary/aromatic N) is 1. The van der Waals surface area contributed by atoms with E-state index in [0.717, 1.165) is 28.2 Å². The van der Waals surface area contributed by atoms with Gasteiger partial charge < -0.3 is 14.2 Å². The van der Waals surface area contributed by atoms with Gasteiger partial charge in [0.05, 0.1) is 37.5 Å². The Balaban J connectivity index is 2.42. The van der Waals surface area contributed by atoms with Crippen LogP contribution in [0.4, 0.5) is 0 Å². The number of aryl methyl sites for hydroxylation is 5. The van der Waals surface area contributed by atoms with Gasteiger partial charge in [-0.15, -0.1) is 0 Å². The maximum atomic E-state index is 5.86. The molecule has 0 fully saturated rings. The standard InChI is InChI=1S/C27H32NO3/c1-13-14(2)22-15(3)16(4)24-23-17(5)18(6)26(30-9)27(31-10)20(23)12-28(7)25(24)19(22)11-21(13)29-8/h11-12H,1-10H3/q+1. The maximum absolute atomic E-state index is 5.86. The predicted octanol–water partition coefficient (Wildman–Crippen LogP) is 5.85. The Bertz CT molecular complexity index is 1400. The van der Waals surface area contributed by atoms with Crippen LogP contribution >= 0.6 is 0 Å². The smallest absolute Gasteiger partial charge is 0.221 e. The summed E-state index contributed by atoms with van der Waals surface area (Å²) in [5.41, 5.74) is 8.61. The molecule has 4 nitrogen and oxygen atoms in total. The first-order valence-corrected chi connectivity index (χ1v) is 10.6. The highest BCUT2D eigenvalue weighted by molar-refractivity contribution is 6.19. The number of ether oxygens (including phenoxy) is 3. The lowest BCUT2D eigenvalue weighted by Crippen LogP contribution is -2.29. The summed E-state index contributed by atoms with van der Waals surface area (Å²) in [6, 6.07) is 2.20. The van der Waals surface area contributed by atoms with Crippen molar-refractivity contribution in [3.8, 4) is 17.2 Å². The zero-order valence-electron chi connectivity index (χ0n) is 20.3. The van der Waals surface area contributed by atoms with E-state index in [9.17, 15) is 0 Å². The number of benzene rings is 3. The molecule has 0 aliphatic rings. The van der Waals surface area contributed by atoms with E-state index in [0.29, 0.717) is 0 Å². The molecule has 0 unspecified atom stereocenters. The molecular formula is C27H32NO3+. The summed E-state index contributed by atoms with van der Waals surface area (Å²) in [6.07, 6.45) is 2.17. The molecule has 0 aliphatic carbocycles. The van der Waals surface area contributed by atoms with Crippen LogP contribution in [-0.2, 0) is 7.05 Å². The average Bonchev–Trinajstić information content (AvgIpc) is 2.75. The number of aromatic nitrogens is 1. The molecule has 4 aromatic rings. The van der Waals surface area contributed by atoms with E-state index < -0.39 is 0 Å². The number of fused-ring (bicyclic) bond motifs is 5. The molecule has 0 radical (unpaired) electrons. The van der Waals surface area contributed by atoms with Gasteiger partial charge in [-0.3, -0.25) is 0 Å². The van der Waals surface area contributed by atoms with Crippen LogP contribution in [-0.4, -0.2) is 21.3 Å². The van der Waals surface area contributed by atoms with Gasteiger partial charge in [0, 0.05) is 5.39 Å². The Morgan fingerprint density at radius 2 is 1.13 bits per heavy atom. The molecular weight excluding hydrogens is 386 g/mol. The van der Waals surface area contributed by atoms with E-state index in [4.69, 9.17) is 14.2 Å². The van der Waals surface area contributed by atoms with Crippen LogP contribution in [0.25, 0.3) is 32.4 Å². The highest BCUT2D eigenvalue weighted by Crippen LogP contribution is 2.46. The van der Waals surface area contributed by atoms with Crippen molar-refractivity contribution in [3.63, 3.8) is 0 Å². The minimum Gasteiger partial charge on any atom is -0.496 e. The third kappa shape index (κ3) is 2.70. The van der Waals surface area contributed by atoms with E-state index >= 15 is 0 Å². The van der Waals surface area contributed by atoms with Gasteiger partial charge >= 0.3 is 0 Å². The minimum atomic E-state index is 0.785. The molecule has 0 spiro atoms. The Labute approximate surface area is 184 Å². The van der Waals surface area contributed by atoms with Crippen LogP contribution in [0.2, 0.25) is 0 Å². The first kappa shape index (κ1) is 21.2. The second-order valence-corrected chi connectivity index (χ2v) is 8.57. The summed E-state index contributed by atoms with van der Waals surface area (Å²) < 4.78 is 19.6. The molecule has 1 heterocycles. The average molecular weight is 419 g/mol. The Kier molecular flexibility index (Phi) is 5.00. The number of hydrogen-bond acceptors (Lipinski definition) is 3. The quantitative estimate of drug-likeness (QED) is 0.309. The van der Waals surface area contributed by atoms with Crippen molar-refractivity contribution in [1.82, 2.24) is 0 Å². The fourth-order valence-corrected chi connectivity index (χ4v) is 5.25. The van der Waals surface area contributed by atoms with Gasteiger partial charge in [-0.2, -0.15) is 4.57 Å². The van der Waals surface area contributed by atoms with E-state index in [1.54, 1.807) is 21.3 Å². The Hall–Kier alpha value is -3.01. The van der Waals surface area contributed by atoms with Crippen LogP contribution < -0.4 is 18.8 Å². The van der Waals surface area contributed by atoms with Crippen molar-refractivity contribution < 1.29 is 18.8 Å². The van der Waals surface area contributed by atoms with Crippen molar-refractivity contribution in [2.45, 2.75) is 41.5 Å². The first-order valence-electron chi connectivity index (χ1n) is 10.6. The second-order valence-electron chi connectivity index (χ2n) is 8.57. The summed E-state index contributed by atoms with van der Waals surface area (Å²) in [5, 5.41) is 6.08. The number of pyridine rings is 1. The molecule has 0 saturated carbocycles. The van der Waals surface area contributed by atoms with Gasteiger partial charge in [0.2, 0.25) is 5.52 Å². The molecule has 0 atom stereocenters. The van der Waals surface area contributed by atoms with Gasteiger partial charge in [-0.1, -0.05) is 0 Å². The van der Waals surface area contributed by atoms with Gasteiger partial charge in [-0.05, 0) is 86.4 Å². The molecule has 4 rings (SSSR count). The van der Waals surface area contributed by atoms with E-state index in [2.05, 4.69) is 65.4 Å². The summed E-state index contributed by atoms with van der Waals surface area (Å²) in [4.78, 5) is 0. The van der Waals surface area contributed by atoms with Crippen LogP contribution in [0.15, 0.2) is 12.3 Å². The van der Waals surface area contributed by atoms with E-state index in [1.807, 2.05) is 0 Å². The topological polar surface area (TPSA) is 31.6 Å². The SMILES string of the molecule is COc1cc2c(c(C)c1C)c(C)c(C)c1c3c(C)c(C)c(OC)c(OC)c3c[n+](C)c21. The number of hydrogen-bond donors (Lipinski definition) is 0. The lowest BCUT2D eigenvalue weighted by atomic mass is 9.87. The zero-order valence-corrected chi connectivity index (χ0v) is 20.3. The number of rotatable bonds is 3. The molecule has 1 aromatic heterocycles. The molecule has 0 amide bonds. The molecule has 4 heteroatoms. The predicted molar refractivity (Wildman–Crippen MR) is 128 cm³/mol. The normalized spacial score (nSPS) is 11.5. The van der Waals surface area contributed by atoms with Crippen LogP contribution in [0.5, 0.6) is 17.2 Å². The highest BCUT2D eigenvalue weighted by atomic mass is 16.5. The third-order valence-electron chi connectivity index (χ3n) is 7.21. The third-order valence-corrected chi connectivity index (χ3v) is 7.21. The molecule has 3 aromatic carbocycles. The summed E-state index contributed by atoms with van der Waals surface area (Å²) in [5.74, 6) is 2.51. The summed E-state index contributed by atoms with van der Waals surface area (Å²) >= 11 is 0. The van der Waals surface area contributed by atoms with Gasteiger partial charge in [0.1, 0.15) is 12.8 Å². The van der Waals surface area contributed by atoms with E-state index in [-0.39, 0.29) is 0 Å². The highest BCUT2D eigenvalue weighted by Gasteiger charge is 2.27.